The van der Waals surface area contributed by atoms with Gasteiger partial charge in [0.25, 0.3) is 0 Å². The van der Waals surface area contributed by atoms with E-state index in [1.54, 1.807) is 37.7 Å². The molecule has 0 radical (unpaired) electrons. The maximum absolute atomic E-state index is 10.9. The van der Waals surface area contributed by atoms with Crippen LogP contribution < -0.4 is 10.2 Å². The third kappa shape index (κ3) is 7.83. The first kappa shape index (κ1) is 28.3. The predicted molar refractivity (Wildman–Crippen MR) is 114 cm³/mol. The molecule has 8 nitrogen and oxygen atoms in total. The van der Waals surface area contributed by atoms with Crippen LogP contribution in [0.15, 0.2) is 56.8 Å². The smallest absolute Gasteiger partial charge is 0.542 e. The van der Waals surface area contributed by atoms with Gasteiger partial charge >= 0.3 is 16.5 Å². The number of rotatable bonds is 4. The molecule has 0 heterocycles. The van der Waals surface area contributed by atoms with Crippen molar-refractivity contribution in [1.82, 2.24) is 9.80 Å². The number of carbonyl (C=O) groups excluding carboxylic acids is 2. The van der Waals surface area contributed by atoms with E-state index in [4.69, 9.17) is 0 Å². The summed E-state index contributed by atoms with van der Waals surface area (Å²) in [5.74, 6) is -2.47. The summed E-state index contributed by atoms with van der Waals surface area (Å²) < 4.78 is 0. The molecule has 0 aromatic heterocycles. The van der Waals surface area contributed by atoms with Gasteiger partial charge in [-0.05, 0) is 38.8 Å². The summed E-state index contributed by atoms with van der Waals surface area (Å²) in [6, 6.07) is 0. The Labute approximate surface area is 194 Å². The third-order valence-electron chi connectivity index (χ3n) is 4.69. The van der Waals surface area contributed by atoms with Gasteiger partial charge in [-0.1, -0.05) is 24.3 Å². The van der Waals surface area contributed by atoms with Crippen LogP contribution in [0.1, 0.15) is 40.5 Å². The third-order valence-corrected chi connectivity index (χ3v) is 4.69. The van der Waals surface area contributed by atoms with Crippen molar-refractivity contribution in [2.24, 2.45) is 9.98 Å². The Morgan fingerprint density at radius 1 is 0.839 bits per heavy atom. The first-order chi connectivity index (χ1) is 14.1. The molecule has 0 atom stereocenters. The second-order valence-corrected chi connectivity index (χ2v) is 6.76. The van der Waals surface area contributed by atoms with Gasteiger partial charge in [0, 0.05) is 51.4 Å². The summed E-state index contributed by atoms with van der Waals surface area (Å²) in [6.45, 7) is 8.37. The molecule has 0 bridgehead atoms. The van der Waals surface area contributed by atoms with Crippen LogP contribution in [-0.4, -0.2) is 60.6 Å². The van der Waals surface area contributed by atoms with Crippen molar-refractivity contribution >= 4 is 23.6 Å². The van der Waals surface area contributed by atoms with Gasteiger partial charge in [0.2, 0.25) is 0 Å². The van der Waals surface area contributed by atoms with E-state index in [1.165, 1.54) is 0 Å². The Morgan fingerprint density at radius 3 is 1.35 bits per heavy atom. The molecule has 0 spiro atoms. The molecular formula is C22H30N4NiO4. The van der Waals surface area contributed by atoms with Gasteiger partial charge in [-0.3, -0.25) is 9.98 Å². The number of carboxylic acid groups (broad SMARTS) is 2. The zero-order valence-electron chi connectivity index (χ0n) is 18.9. The molecule has 2 aliphatic rings. The average molecular weight is 473 g/mol. The van der Waals surface area contributed by atoms with Crippen molar-refractivity contribution in [1.29, 1.82) is 0 Å². The molecule has 0 saturated carbocycles. The molecule has 31 heavy (non-hydrogen) atoms. The van der Waals surface area contributed by atoms with Crippen molar-refractivity contribution in [3.8, 4) is 0 Å². The van der Waals surface area contributed by atoms with Crippen molar-refractivity contribution in [3.05, 3.63) is 46.8 Å². The molecule has 9 heteroatoms. The van der Waals surface area contributed by atoms with E-state index in [-0.39, 0.29) is 28.2 Å². The zero-order chi connectivity index (χ0) is 22.8. The van der Waals surface area contributed by atoms with Crippen molar-refractivity contribution in [2.45, 2.75) is 40.5 Å². The maximum atomic E-state index is 10.9. The van der Waals surface area contributed by atoms with E-state index in [1.807, 2.05) is 38.2 Å². The molecular weight excluding hydrogens is 443 g/mol. The van der Waals surface area contributed by atoms with E-state index < -0.39 is 11.9 Å². The van der Waals surface area contributed by atoms with Crippen molar-refractivity contribution in [2.75, 3.05) is 27.2 Å². The van der Waals surface area contributed by atoms with Crippen LogP contribution in [0.4, 0.5) is 0 Å². The van der Waals surface area contributed by atoms with Crippen LogP contribution in [0.2, 0.25) is 0 Å². The number of hydrogen-bond donors (Lipinski definition) is 0. The minimum absolute atomic E-state index is 0. The molecule has 0 aromatic rings. The minimum Gasteiger partial charge on any atom is -0.542 e. The van der Waals surface area contributed by atoms with Gasteiger partial charge in [-0.25, -0.2) is 0 Å². The van der Waals surface area contributed by atoms with Gasteiger partial charge in [-0.15, -0.1) is 0 Å². The maximum Gasteiger partial charge on any atom is 2.00 e. The Kier molecular flexibility index (Phi) is 12.4. The number of carbonyl (C=O) groups is 2. The van der Waals surface area contributed by atoms with Gasteiger partial charge < -0.3 is 29.6 Å². The number of amidine groups is 2. The molecule has 2 aliphatic carbocycles. The number of nitrogens with zero attached hydrogens (tertiary/aromatic N) is 4. The average Bonchev–Trinajstić information content (AvgIpc) is 3.31. The quantitative estimate of drug-likeness (QED) is 0.337. The standard InChI is InChI=1S/2C11H16N2O2.Ni/c2*1-4-12-10(11(14)15)13(3)9-7-5-6-8(9)2;/h2*5-6H,4,7H2,1-3H3,(H,14,15);/q;;+2/p-2. The second kappa shape index (κ2) is 13.6. The van der Waals surface area contributed by atoms with Crippen LogP contribution in [0.25, 0.3) is 0 Å². The minimum atomic E-state index is -1.23. The predicted octanol–water partition coefficient (Wildman–Crippen LogP) is 0.638. The second-order valence-electron chi connectivity index (χ2n) is 6.76. The molecule has 0 aliphatic heterocycles. The molecule has 172 valence electrons. The van der Waals surface area contributed by atoms with Crippen LogP contribution in [0.3, 0.4) is 0 Å². The number of carboxylic acids is 2. The van der Waals surface area contributed by atoms with Gasteiger partial charge in [0.15, 0.2) is 11.7 Å². The molecule has 0 aromatic carbocycles. The molecule has 0 amide bonds. The molecule has 0 unspecified atom stereocenters. The fraction of sp³-hybridized carbons (Fsp3) is 0.455. The Morgan fingerprint density at radius 2 is 1.16 bits per heavy atom. The van der Waals surface area contributed by atoms with Crippen LogP contribution >= 0.6 is 0 Å². The van der Waals surface area contributed by atoms with Crippen molar-refractivity contribution in [3.63, 3.8) is 0 Å². The fourth-order valence-corrected chi connectivity index (χ4v) is 3.18. The number of allylic oxidation sites excluding steroid dienone is 6. The Balaban J connectivity index is 0.000000562. The normalized spacial score (nSPS) is 15.5. The number of likely N-dealkylation sites (N-methyl/N-ethyl adjacent to an activating group) is 2. The van der Waals surface area contributed by atoms with E-state index in [0.717, 1.165) is 35.4 Å². The van der Waals surface area contributed by atoms with E-state index in [2.05, 4.69) is 9.98 Å². The summed E-state index contributed by atoms with van der Waals surface area (Å²) in [4.78, 5) is 32.8. The monoisotopic (exact) mass is 472 g/mol. The fourth-order valence-electron chi connectivity index (χ4n) is 3.18. The van der Waals surface area contributed by atoms with Gasteiger partial charge in [0.1, 0.15) is 11.9 Å². The van der Waals surface area contributed by atoms with Crippen LogP contribution in [0, 0.1) is 0 Å². The molecule has 0 fully saturated rings. The molecule has 0 saturated heterocycles. The summed E-state index contributed by atoms with van der Waals surface area (Å²) in [5.41, 5.74) is 4.07. The Hall–Kier alpha value is -2.67. The summed E-state index contributed by atoms with van der Waals surface area (Å²) in [6.07, 6.45) is 9.45. The number of aliphatic imine (C=N–C) groups is 2. The molecule has 2 rings (SSSR count). The molecule has 0 N–H and O–H groups in total. The Bertz CT molecular complexity index is 784. The number of hydrogen-bond acceptors (Lipinski definition) is 6. The van der Waals surface area contributed by atoms with Crippen LogP contribution in [-0.2, 0) is 26.1 Å². The SMILES string of the molecule is CCN=C(C(=O)[O-])N(C)C1=C(C)C=CC1.CCN=C(C(=O)[O-])N(C)C1=C(C)C=CC1.[Ni+2]. The zero-order valence-corrected chi connectivity index (χ0v) is 19.9. The topological polar surface area (TPSA) is 111 Å². The van der Waals surface area contributed by atoms with Gasteiger partial charge in [-0.2, -0.15) is 0 Å². The van der Waals surface area contributed by atoms with E-state index in [0.29, 0.717) is 13.1 Å². The largest absolute Gasteiger partial charge is 2.00 e. The number of aliphatic carboxylic acids is 2. The summed E-state index contributed by atoms with van der Waals surface area (Å²) >= 11 is 0. The van der Waals surface area contributed by atoms with Crippen LogP contribution in [0.5, 0.6) is 0 Å². The summed E-state index contributed by atoms with van der Waals surface area (Å²) in [5, 5.41) is 21.7. The first-order valence-corrected chi connectivity index (χ1v) is 9.87. The van der Waals surface area contributed by atoms with E-state index in [9.17, 15) is 19.8 Å². The first-order valence-electron chi connectivity index (χ1n) is 9.87. The van der Waals surface area contributed by atoms with Crippen molar-refractivity contribution < 1.29 is 36.3 Å². The summed E-state index contributed by atoms with van der Waals surface area (Å²) in [7, 11) is 3.41. The van der Waals surface area contributed by atoms with Gasteiger partial charge in [0.05, 0.1) is 0 Å². The van der Waals surface area contributed by atoms with E-state index >= 15 is 0 Å².